The third-order valence-corrected chi connectivity index (χ3v) is 4.04. The van der Waals surface area contributed by atoms with Gasteiger partial charge in [0.1, 0.15) is 17.7 Å². The molecule has 104 valence electrons. The first-order chi connectivity index (χ1) is 10.1. The van der Waals surface area contributed by atoms with Crippen LogP contribution in [-0.4, -0.2) is 9.55 Å². The second kappa shape index (κ2) is 5.62. The van der Waals surface area contributed by atoms with E-state index >= 15 is 0 Å². The Kier molecular flexibility index (Phi) is 3.83. The van der Waals surface area contributed by atoms with Crippen LogP contribution in [0.25, 0.3) is 16.7 Å². The van der Waals surface area contributed by atoms with Crippen LogP contribution in [0.15, 0.2) is 36.4 Å². The minimum absolute atomic E-state index is 0.202. The molecule has 0 spiro atoms. The summed E-state index contributed by atoms with van der Waals surface area (Å²) in [6.45, 7) is 0. The lowest BCUT2D eigenvalue weighted by Gasteiger charge is -2.09. The summed E-state index contributed by atoms with van der Waals surface area (Å²) in [6.07, 6.45) is 0. The summed E-state index contributed by atoms with van der Waals surface area (Å²) in [5.74, 6) is 0.381. The van der Waals surface area contributed by atoms with Crippen LogP contribution in [0.1, 0.15) is 11.4 Å². The van der Waals surface area contributed by atoms with Crippen LogP contribution in [0.2, 0.25) is 0 Å². The number of rotatable bonds is 2. The van der Waals surface area contributed by atoms with Gasteiger partial charge >= 0.3 is 0 Å². The third-order valence-electron chi connectivity index (χ3n) is 3.13. The van der Waals surface area contributed by atoms with Crippen molar-refractivity contribution in [3.63, 3.8) is 0 Å². The number of halogens is 3. The van der Waals surface area contributed by atoms with Crippen LogP contribution < -0.4 is 0 Å². The van der Waals surface area contributed by atoms with Crippen molar-refractivity contribution in [1.29, 1.82) is 5.26 Å². The largest absolute Gasteiger partial charge is 0.294 e. The highest BCUT2D eigenvalue weighted by atomic mass is 127. The summed E-state index contributed by atoms with van der Waals surface area (Å²) in [5, 5.41) is 9.24. The molecule has 0 aliphatic carbocycles. The van der Waals surface area contributed by atoms with Crippen LogP contribution in [0.4, 0.5) is 4.39 Å². The lowest BCUT2D eigenvalue weighted by molar-refractivity contribution is 0.627. The van der Waals surface area contributed by atoms with Crippen LogP contribution in [0.3, 0.4) is 0 Å². The highest BCUT2D eigenvalue weighted by molar-refractivity contribution is 14.1. The first kappa shape index (κ1) is 14.3. The lowest BCUT2D eigenvalue weighted by atomic mass is 10.2. The summed E-state index contributed by atoms with van der Waals surface area (Å²) < 4.78 is 16.2. The van der Waals surface area contributed by atoms with Gasteiger partial charge in [-0.05, 0) is 59.0 Å². The predicted octanol–water partition coefficient (Wildman–Crippen LogP) is 4.38. The number of aromatic nitrogens is 2. The fraction of sp³-hybridized carbons (Fsp3) is 0.0667. The Morgan fingerprint density at radius 2 is 2.10 bits per heavy atom. The zero-order valence-corrected chi connectivity index (χ0v) is 13.6. The van der Waals surface area contributed by atoms with E-state index in [-0.39, 0.29) is 11.4 Å². The van der Waals surface area contributed by atoms with Gasteiger partial charge in [-0.3, -0.25) is 4.57 Å². The number of imidazole rings is 1. The molecule has 2 aromatic carbocycles. The molecular weight excluding hydrogens is 404 g/mol. The van der Waals surface area contributed by atoms with Crippen molar-refractivity contribution >= 4 is 45.2 Å². The van der Waals surface area contributed by atoms with E-state index in [1.807, 2.05) is 24.3 Å². The fourth-order valence-corrected chi connectivity index (χ4v) is 2.91. The molecule has 0 saturated heterocycles. The molecule has 0 aliphatic heterocycles. The molecule has 0 N–H and O–H groups in total. The Balaban J connectivity index is 2.37. The molecular formula is C15H8ClFIN3. The van der Waals surface area contributed by atoms with Gasteiger partial charge in [-0.1, -0.05) is 0 Å². The first-order valence-corrected chi connectivity index (χ1v) is 7.68. The van der Waals surface area contributed by atoms with Gasteiger partial charge in [-0.15, -0.1) is 11.6 Å². The van der Waals surface area contributed by atoms with Crippen molar-refractivity contribution in [3.05, 3.63) is 57.2 Å². The number of alkyl halides is 1. The molecule has 1 aromatic heterocycles. The minimum Gasteiger partial charge on any atom is -0.294 e. The summed E-state index contributed by atoms with van der Waals surface area (Å²) in [5.41, 5.74) is 2.47. The van der Waals surface area contributed by atoms with Gasteiger partial charge in [-0.2, -0.15) is 5.26 Å². The van der Waals surface area contributed by atoms with Gasteiger partial charge in [0.15, 0.2) is 0 Å². The molecule has 0 radical (unpaired) electrons. The normalized spacial score (nSPS) is 10.8. The Morgan fingerprint density at radius 1 is 1.29 bits per heavy atom. The fourth-order valence-electron chi connectivity index (χ4n) is 2.25. The number of fused-ring (bicyclic) bond motifs is 1. The lowest BCUT2D eigenvalue weighted by Crippen LogP contribution is -2.02. The van der Waals surface area contributed by atoms with Crippen molar-refractivity contribution < 1.29 is 4.39 Å². The summed E-state index contributed by atoms with van der Waals surface area (Å²) in [6, 6.07) is 11.9. The van der Waals surface area contributed by atoms with Gasteiger partial charge < -0.3 is 0 Å². The van der Waals surface area contributed by atoms with Crippen molar-refractivity contribution in [1.82, 2.24) is 9.55 Å². The van der Waals surface area contributed by atoms with Gasteiger partial charge in [0.2, 0.25) is 0 Å². The third kappa shape index (κ3) is 2.49. The van der Waals surface area contributed by atoms with E-state index in [1.54, 1.807) is 10.6 Å². The Bertz CT molecular complexity index is 882. The van der Waals surface area contributed by atoms with E-state index in [4.69, 9.17) is 11.6 Å². The van der Waals surface area contributed by atoms with Crippen LogP contribution in [0, 0.1) is 20.7 Å². The average molecular weight is 412 g/mol. The smallest absolute Gasteiger partial charge is 0.129 e. The van der Waals surface area contributed by atoms with E-state index < -0.39 is 5.82 Å². The van der Waals surface area contributed by atoms with Crippen molar-refractivity contribution in [2.45, 2.75) is 5.88 Å². The predicted molar refractivity (Wildman–Crippen MR) is 88.0 cm³/mol. The van der Waals surface area contributed by atoms with Crippen LogP contribution >= 0.6 is 34.2 Å². The Hall–Kier alpha value is -1.65. The monoisotopic (exact) mass is 411 g/mol. The Morgan fingerprint density at radius 3 is 2.81 bits per heavy atom. The highest BCUT2D eigenvalue weighted by Gasteiger charge is 2.15. The molecule has 0 amide bonds. The molecule has 0 unspecified atom stereocenters. The van der Waals surface area contributed by atoms with E-state index in [2.05, 4.69) is 27.6 Å². The molecule has 0 saturated carbocycles. The second-order valence-corrected chi connectivity index (χ2v) is 5.92. The van der Waals surface area contributed by atoms with Gasteiger partial charge in [0.05, 0.1) is 28.2 Å². The molecule has 3 rings (SSSR count). The zero-order valence-electron chi connectivity index (χ0n) is 10.6. The standard InChI is InChI=1S/C15H8ClFIN3/c16-7-15-20-12-6-11(18)2-4-14(12)21(15)13-3-1-10(17)5-9(13)8-19/h1-6H,7H2. The van der Waals surface area contributed by atoms with Crippen LogP contribution in [0.5, 0.6) is 0 Å². The van der Waals surface area contributed by atoms with Gasteiger partial charge in [0.25, 0.3) is 0 Å². The molecule has 0 bridgehead atoms. The van der Waals surface area contributed by atoms with Gasteiger partial charge in [0, 0.05) is 3.57 Å². The van der Waals surface area contributed by atoms with E-state index in [0.29, 0.717) is 11.5 Å². The Labute approximate surface area is 139 Å². The maximum absolute atomic E-state index is 13.3. The highest BCUT2D eigenvalue weighted by Crippen LogP contribution is 2.26. The molecule has 0 atom stereocenters. The molecule has 3 aromatic rings. The summed E-state index contributed by atoms with van der Waals surface area (Å²) in [7, 11) is 0. The van der Waals surface area contributed by atoms with E-state index in [9.17, 15) is 9.65 Å². The van der Waals surface area contributed by atoms with Crippen molar-refractivity contribution in [3.8, 4) is 11.8 Å². The average Bonchev–Trinajstić information content (AvgIpc) is 2.84. The molecule has 1 heterocycles. The summed E-state index contributed by atoms with van der Waals surface area (Å²) >= 11 is 8.19. The number of benzene rings is 2. The quantitative estimate of drug-likeness (QED) is 0.464. The number of hydrogen-bond donors (Lipinski definition) is 0. The molecule has 0 fully saturated rings. The van der Waals surface area contributed by atoms with E-state index in [0.717, 1.165) is 14.6 Å². The summed E-state index contributed by atoms with van der Waals surface area (Å²) in [4.78, 5) is 4.49. The number of hydrogen-bond acceptors (Lipinski definition) is 2. The molecule has 0 aliphatic rings. The maximum Gasteiger partial charge on any atom is 0.129 e. The van der Waals surface area contributed by atoms with Gasteiger partial charge in [-0.25, -0.2) is 9.37 Å². The minimum atomic E-state index is -0.443. The second-order valence-electron chi connectivity index (χ2n) is 4.40. The molecule has 21 heavy (non-hydrogen) atoms. The van der Waals surface area contributed by atoms with Crippen molar-refractivity contribution in [2.75, 3.05) is 0 Å². The zero-order chi connectivity index (χ0) is 15.0. The molecule has 6 heteroatoms. The number of nitriles is 1. The van der Waals surface area contributed by atoms with E-state index in [1.165, 1.54) is 12.1 Å². The van der Waals surface area contributed by atoms with Crippen LogP contribution in [-0.2, 0) is 5.88 Å². The topological polar surface area (TPSA) is 41.6 Å². The molecule has 3 nitrogen and oxygen atoms in total. The number of nitrogens with zero attached hydrogens (tertiary/aromatic N) is 3. The SMILES string of the molecule is N#Cc1cc(F)ccc1-n1c(CCl)nc2cc(I)ccc21. The first-order valence-electron chi connectivity index (χ1n) is 6.07. The van der Waals surface area contributed by atoms with Crippen molar-refractivity contribution in [2.24, 2.45) is 0 Å². The maximum atomic E-state index is 13.3.